The average Bonchev–Trinajstić information content (AvgIpc) is 2.63. The highest BCUT2D eigenvalue weighted by atomic mass is 16.5. The van der Waals surface area contributed by atoms with Gasteiger partial charge >= 0.3 is 0 Å². The summed E-state index contributed by atoms with van der Waals surface area (Å²) in [7, 11) is 1.68. The van der Waals surface area contributed by atoms with Crippen molar-refractivity contribution in [3.8, 4) is 11.8 Å². The molecular weight excluding hydrogens is 212 g/mol. The van der Waals surface area contributed by atoms with Crippen molar-refractivity contribution in [1.82, 2.24) is 4.98 Å². The van der Waals surface area contributed by atoms with E-state index in [0.717, 1.165) is 23.4 Å². The number of hydrogen-bond donors (Lipinski definition) is 1. The van der Waals surface area contributed by atoms with Gasteiger partial charge in [-0.3, -0.25) is 0 Å². The largest absolute Gasteiger partial charge is 0.495 e. The molecule has 0 bridgehead atoms. The Morgan fingerprint density at radius 1 is 1.35 bits per heavy atom. The molecule has 0 unspecified atom stereocenters. The number of aryl methyl sites for hydroxylation is 3. The maximum atomic E-state index is 8.65. The first-order valence-electron chi connectivity index (χ1n) is 5.70. The van der Waals surface area contributed by atoms with Gasteiger partial charge in [0.25, 0.3) is 0 Å². The Bertz CT molecular complexity index is 590. The Morgan fingerprint density at radius 2 is 2.12 bits per heavy atom. The van der Waals surface area contributed by atoms with E-state index < -0.39 is 0 Å². The van der Waals surface area contributed by atoms with Gasteiger partial charge in [-0.15, -0.1) is 0 Å². The van der Waals surface area contributed by atoms with Crippen LogP contribution in [0, 0.1) is 25.2 Å². The molecule has 0 spiro atoms. The highest BCUT2D eigenvalue weighted by Gasteiger charge is 2.11. The van der Waals surface area contributed by atoms with E-state index in [1.54, 1.807) is 7.11 Å². The summed E-state index contributed by atoms with van der Waals surface area (Å²) in [6, 6.07) is 6.35. The van der Waals surface area contributed by atoms with Crippen molar-refractivity contribution in [1.29, 1.82) is 5.26 Å². The van der Waals surface area contributed by atoms with E-state index in [1.807, 2.05) is 6.07 Å². The molecule has 1 N–H and O–H groups in total. The zero-order valence-corrected chi connectivity index (χ0v) is 10.4. The van der Waals surface area contributed by atoms with Crippen LogP contribution in [0.15, 0.2) is 12.1 Å². The van der Waals surface area contributed by atoms with Crippen molar-refractivity contribution in [2.45, 2.75) is 26.7 Å². The second-order valence-corrected chi connectivity index (χ2v) is 4.28. The smallest absolute Gasteiger partial charge is 0.143 e. The first kappa shape index (κ1) is 11.5. The van der Waals surface area contributed by atoms with Crippen molar-refractivity contribution >= 4 is 10.9 Å². The fourth-order valence-electron chi connectivity index (χ4n) is 2.18. The summed E-state index contributed by atoms with van der Waals surface area (Å²) >= 11 is 0. The quantitative estimate of drug-likeness (QED) is 0.876. The van der Waals surface area contributed by atoms with Crippen molar-refractivity contribution in [3.05, 3.63) is 29.0 Å². The number of ether oxygens (including phenoxy) is 1. The van der Waals surface area contributed by atoms with E-state index in [4.69, 9.17) is 10.00 Å². The second kappa shape index (κ2) is 4.50. The van der Waals surface area contributed by atoms with E-state index in [-0.39, 0.29) is 0 Å². The lowest BCUT2D eigenvalue weighted by Crippen LogP contribution is -1.87. The Hall–Kier alpha value is -1.95. The number of fused-ring (bicyclic) bond motifs is 1. The lowest BCUT2D eigenvalue weighted by molar-refractivity contribution is 0.418. The number of hydrogen-bond acceptors (Lipinski definition) is 2. The van der Waals surface area contributed by atoms with Gasteiger partial charge in [-0.25, -0.2) is 0 Å². The van der Waals surface area contributed by atoms with Gasteiger partial charge in [0.1, 0.15) is 5.75 Å². The number of benzene rings is 1. The van der Waals surface area contributed by atoms with Crippen LogP contribution in [0.25, 0.3) is 10.9 Å². The Labute approximate surface area is 101 Å². The van der Waals surface area contributed by atoms with Crippen molar-refractivity contribution in [3.63, 3.8) is 0 Å². The second-order valence-electron chi connectivity index (χ2n) is 4.28. The van der Waals surface area contributed by atoms with Crippen LogP contribution in [-0.4, -0.2) is 12.1 Å². The third-order valence-corrected chi connectivity index (χ3v) is 3.09. The molecule has 0 aliphatic rings. The number of aromatic nitrogens is 1. The van der Waals surface area contributed by atoms with E-state index in [9.17, 15) is 0 Å². The van der Waals surface area contributed by atoms with Gasteiger partial charge in [-0.05, 0) is 37.1 Å². The lowest BCUT2D eigenvalue weighted by atomic mass is 10.1. The molecule has 3 nitrogen and oxygen atoms in total. The third-order valence-electron chi connectivity index (χ3n) is 3.09. The normalized spacial score (nSPS) is 10.5. The summed E-state index contributed by atoms with van der Waals surface area (Å²) in [5.41, 5.74) is 4.56. The summed E-state index contributed by atoms with van der Waals surface area (Å²) in [4.78, 5) is 3.37. The zero-order chi connectivity index (χ0) is 12.4. The van der Waals surface area contributed by atoms with Gasteiger partial charge < -0.3 is 9.72 Å². The van der Waals surface area contributed by atoms with E-state index in [0.29, 0.717) is 6.42 Å². The molecule has 17 heavy (non-hydrogen) atoms. The van der Waals surface area contributed by atoms with E-state index in [1.165, 1.54) is 16.5 Å². The fourth-order valence-corrected chi connectivity index (χ4v) is 2.18. The lowest BCUT2D eigenvalue weighted by Gasteiger charge is -2.03. The van der Waals surface area contributed by atoms with Crippen LogP contribution < -0.4 is 4.74 Å². The predicted octanol–water partition coefficient (Wildman–Crippen LogP) is 3.25. The van der Waals surface area contributed by atoms with E-state index >= 15 is 0 Å². The molecule has 2 aromatic rings. The molecule has 88 valence electrons. The number of H-pyrrole nitrogens is 1. The minimum atomic E-state index is 0.537. The molecule has 0 radical (unpaired) electrons. The summed E-state index contributed by atoms with van der Waals surface area (Å²) in [6.07, 6.45) is 1.30. The standard InChI is InChI=1S/C14H16N2O/c1-9-7-11-10(2)12(5-4-6-15)16-14(11)13(8-9)17-3/h7-8,16H,4-5H2,1-3H3. The predicted molar refractivity (Wildman–Crippen MR) is 68.3 cm³/mol. The van der Waals surface area contributed by atoms with Gasteiger partial charge in [0.2, 0.25) is 0 Å². The molecule has 1 aromatic carbocycles. The van der Waals surface area contributed by atoms with Gasteiger partial charge in [-0.1, -0.05) is 0 Å². The van der Waals surface area contributed by atoms with Gasteiger partial charge in [0.05, 0.1) is 18.7 Å². The molecule has 0 saturated carbocycles. The Kier molecular flexibility index (Phi) is 3.06. The first-order valence-corrected chi connectivity index (χ1v) is 5.70. The first-order chi connectivity index (χ1) is 8.17. The number of methoxy groups -OCH3 is 1. The van der Waals surface area contributed by atoms with Crippen molar-refractivity contribution in [2.24, 2.45) is 0 Å². The highest BCUT2D eigenvalue weighted by Crippen LogP contribution is 2.31. The molecule has 2 rings (SSSR count). The number of nitrogens with zero attached hydrogens (tertiary/aromatic N) is 1. The van der Waals surface area contributed by atoms with Gasteiger partial charge in [0.15, 0.2) is 0 Å². The van der Waals surface area contributed by atoms with Crippen LogP contribution in [0.5, 0.6) is 5.75 Å². The summed E-state index contributed by atoms with van der Waals surface area (Å²) in [6.45, 7) is 4.15. The minimum absolute atomic E-state index is 0.537. The average molecular weight is 228 g/mol. The van der Waals surface area contributed by atoms with Gasteiger partial charge in [0, 0.05) is 23.9 Å². The zero-order valence-electron chi connectivity index (χ0n) is 10.4. The van der Waals surface area contributed by atoms with Crippen LogP contribution in [0.2, 0.25) is 0 Å². The highest BCUT2D eigenvalue weighted by molar-refractivity contribution is 5.90. The van der Waals surface area contributed by atoms with Crippen LogP contribution in [-0.2, 0) is 6.42 Å². The minimum Gasteiger partial charge on any atom is -0.495 e. The molecule has 3 heteroatoms. The topological polar surface area (TPSA) is 48.8 Å². The molecule has 0 aliphatic heterocycles. The van der Waals surface area contributed by atoms with Crippen LogP contribution in [0.4, 0.5) is 0 Å². The molecule has 0 amide bonds. The molecule has 0 atom stereocenters. The summed E-state index contributed by atoms with van der Waals surface area (Å²) in [5, 5.41) is 9.84. The van der Waals surface area contributed by atoms with Crippen LogP contribution in [0.1, 0.15) is 23.2 Å². The maximum absolute atomic E-state index is 8.65. The molecular formula is C14H16N2O. The Balaban J connectivity index is 2.60. The van der Waals surface area contributed by atoms with Crippen molar-refractivity contribution < 1.29 is 4.74 Å². The molecule has 1 heterocycles. The summed E-state index contributed by atoms with van der Waals surface area (Å²) in [5.74, 6) is 0.867. The van der Waals surface area contributed by atoms with Gasteiger partial charge in [-0.2, -0.15) is 5.26 Å². The van der Waals surface area contributed by atoms with Crippen LogP contribution >= 0.6 is 0 Å². The maximum Gasteiger partial charge on any atom is 0.143 e. The van der Waals surface area contributed by atoms with Crippen molar-refractivity contribution in [2.75, 3.05) is 7.11 Å². The fraction of sp³-hybridized carbons (Fsp3) is 0.357. The number of nitriles is 1. The van der Waals surface area contributed by atoms with Crippen LogP contribution in [0.3, 0.4) is 0 Å². The van der Waals surface area contributed by atoms with E-state index in [2.05, 4.69) is 31.0 Å². The number of rotatable bonds is 3. The molecule has 0 aliphatic carbocycles. The third kappa shape index (κ3) is 1.99. The molecule has 0 fully saturated rings. The molecule has 1 aromatic heterocycles. The SMILES string of the molecule is COc1cc(C)cc2c(C)c(CCC#N)[nH]c12. The number of aromatic amines is 1. The summed E-state index contributed by atoms with van der Waals surface area (Å²) < 4.78 is 5.38. The number of nitrogens with one attached hydrogen (secondary N) is 1. The Morgan fingerprint density at radius 3 is 2.76 bits per heavy atom. The molecule has 0 saturated heterocycles. The monoisotopic (exact) mass is 228 g/mol.